The first-order valence-corrected chi connectivity index (χ1v) is 8.25. The highest BCUT2D eigenvalue weighted by atomic mass is 35.5. The Morgan fingerprint density at radius 1 is 1.20 bits per heavy atom. The van der Waals surface area contributed by atoms with E-state index < -0.39 is 0 Å². The highest BCUT2D eigenvalue weighted by Gasteiger charge is 2.35. The fourth-order valence-corrected chi connectivity index (χ4v) is 3.94. The zero-order valence-electron chi connectivity index (χ0n) is 12.2. The number of benzene rings is 1. The molecule has 0 radical (unpaired) electrons. The van der Waals surface area contributed by atoms with E-state index in [0.29, 0.717) is 12.0 Å². The first-order valence-electron chi connectivity index (χ1n) is 7.87. The van der Waals surface area contributed by atoms with Crippen LogP contribution in [0.2, 0.25) is 5.02 Å². The lowest BCUT2D eigenvalue weighted by molar-refractivity contribution is 0.0836. The van der Waals surface area contributed by atoms with Crippen molar-refractivity contribution in [3.05, 3.63) is 28.8 Å². The molecular formula is C17H24ClNO. The zero-order valence-corrected chi connectivity index (χ0v) is 13.0. The van der Waals surface area contributed by atoms with E-state index in [9.17, 15) is 0 Å². The monoisotopic (exact) mass is 293 g/mol. The first kappa shape index (κ1) is 14.2. The van der Waals surface area contributed by atoms with Crippen molar-refractivity contribution < 1.29 is 4.74 Å². The van der Waals surface area contributed by atoms with Crippen LogP contribution in [0.3, 0.4) is 0 Å². The molecule has 0 amide bonds. The topological polar surface area (TPSA) is 21.3 Å². The summed E-state index contributed by atoms with van der Waals surface area (Å²) in [6, 6.07) is 5.96. The molecule has 2 unspecified atom stereocenters. The predicted molar refractivity (Wildman–Crippen MR) is 83.5 cm³/mol. The minimum absolute atomic E-state index is 0.368. The molecular weight excluding hydrogens is 270 g/mol. The van der Waals surface area contributed by atoms with E-state index in [-0.39, 0.29) is 0 Å². The third kappa shape index (κ3) is 3.12. The van der Waals surface area contributed by atoms with Gasteiger partial charge in [0.15, 0.2) is 0 Å². The number of halogens is 1. The van der Waals surface area contributed by atoms with E-state index in [1.165, 1.54) is 32.1 Å². The third-order valence-electron chi connectivity index (χ3n) is 4.83. The molecule has 3 heteroatoms. The number of rotatable bonds is 4. The van der Waals surface area contributed by atoms with E-state index in [1.54, 1.807) is 0 Å². The Morgan fingerprint density at radius 2 is 2.00 bits per heavy atom. The summed E-state index contributed by atoms with van der Waals surface area (Å²) in [5.74, 6) is 2.40. The number of hydrogen-bond donors (Lipinski definition) is 1. The Hall–Kier alpha value is -0.730. The number of ether oxygens (including phenoxy) is 1. The van der Waals surface area contributed by atoms with E-state index >= 15 is 0 Å². The van der Waals surface area contributed by atoms with Gasteiger partial charge in [0.2, 0.25) is 0 Å². The van der Waals surface area contributed by atoms with Gasteiger partial charge in [-0.25, -0.2) is 0 Å². The highest BCUT2D eigenvalue weighted by molar-refractivity contribution is 6.30. The molecule has 2 nitrogen and oxygen atoms in total. The Balaban J connectivity index is 1.77. The van der Waals surface area contributed by atoms with Gasteiger partial charge in [-0.1, -0.05) is 24.4 Å². The normalized spacial score (nSPS) is 25.0. The molecule has 2 aliphatic rings. The standard InChI is InChI=1S/C17H24ClNO/c1-12-10-15(18)6-7-16(12)20-17(13-4-2-3-5-13)14-8-9-19-11-14/h6-7,10,13-14,17,19H,2-5,8-9,11H2,1H3. The van der Waals surface area contributed by atoms with Crippen LogP contribution in [0, 0.1) is 18.8 Å². The first-order chi connectivity index (χ1) is 9.74. The molecule has 1 aliphatic carbocycles. The maximum Gasteiger partial charge on any atom is 0.122 e. The van der Waals surface area contributed by atoms with Crippen LogP contribution in [-0.4, -0.2) is 19.2 Å². The molecule has 2 atom stereocenters. The average molecular weight is 294 g/mol. The summed E-state index contributed by atoms with van der Waals surface area (Å²) < 4.78 is 6.47. The summed E-state index contributed by atoms with van der Waals surface area (Å²) in [5, 5.41) is 4.27. The maximum absolute atomic E-state index is 6.47. The van der Waals surface area contributed by atoms with Gasteiger partial charge < -0.3 is 10.1 Å². The summed E-state index contributed by atoms with van der Waals surface area (Å²) >= 11 is 6.04. The van der Waals surface area contributed by atoms with Crippen molar-refractivity contribution >= 4 is 11.6 Å². The predicted octanol–water partition coefficient (Wildman–Crippen LogP) is 4.20. The van der Waals surface area contributed by atoms with Gasteiger partial charge in [-0.05, 0) is 62.4 Å². The van der Waals surface area contributed by atoms with Crippen LogP contribution < -0.4 is 10.1 Å². The molecule has 0 spiro atoms. The number of hydrogen-bond acceptors (Lipinski definition) is 2. The quantitative estimate of drug-likeness (QED) is 0.898. The van der Waals surface area contributed by atoms with Crippen LogP contribution in [0.15, 0.2) is 18.2 Å². The Labute approximate surface area is 126 Å². The Kier molecular flexibility index (Phi) is 4.52. The van der Waals surface area contributed by atoms with Gasteiger partial charge >= 0.3 is 0 Å². The lowest BCUT2D eigenvalue weighted by Crippen LogP contribution is -2.35. The van der Waals surface area contributed by atoms with Gasteiger partial charge in [0.1, 0.15) is 11.9 Å². The molecule has 3 rings (SSSR count). The summed E-state index contributed by atoms with van der Waals surface area (Å²) in [6.07, 6.45) is 7.00. The number of nitrogens with one attached hydrogen (secondary N) is 1. The van der Waals surface area contributed by atoms with Crippen LogP contribution in [0.1, 0.15) is 37.7 Å². The SMILES string of the molecule is Cc1cc(Cl)ccc1OC(C1CCCC1)C1CCNC1. The smallest absolute Gasteiger partial charge is 0.122 e. The van der Waals surface area contributed by atoms with Gasteiger partial charge in [0.25, 0.3) is 0 Å². The van der Waals surface area contributed by atoms with Crippen molar-refractivity contribution in [1.82, 2.24) is 5.32 Å². The second-order valence-electron chi connectivity index (χ2n) is 6.29. The van der Waals surface area contributed by atoms with Gasteiger partial charge in [0.05, 0.1) is 0 Å². The summed E-state index contributed by atoms with van der Waals surface area (Å²) in [6.45, 7) is 4.32. The molecule has 1 aromatic rings. The van der Waals surface area contributed by atoms with Crippen molar-refractivity contribution in [3.63, 3.8) is 0 Å². The van der Waals surface area contributed by atoms with E-state index in [1.807, 2.05) is 18.2 Å². The third-order valence-corrected chi connectivity index (χ3v) is 5.06. The van der Waals surface area contributed by atoms with Crippen LogP contribution in [0.25, 0.3) is 0 Å². The lowest BCUT2D eigenvalue weighted by atomic mass is 9.88. The summed E-state index contributed by atoms with van der Waals surface area (Å²) in [5.41, 5.74) is 1.14. The van der Waals surface area contributed by atoms with Gasteiger partial charge in [-0.15, -0.1) is 0 Å². The molecule has 20 heavy (non-hydrogen) atoms. The van der Waals surface area contributed by atoms with E-state index in [4.69, 9.17) is 16.3 Å². The largest absolute Gasteiger partial charge is 0.490 e. The molecule has 2 fully saturated rings. The molecule has 110 valence electrons. The Bertz CT molecular complexity index is 434. The van der Waals surface area contributed by atoms with Crippen LogP contribution in [0.4, 0.5) is 0 Å². The minimum atomic E-state index is 0.368. The lowest BCUT2D eigenvalue weighted by Gasteiger charge is -2.30. The van der Waals surface area contributed by atoms with Crippen LogP contribution >= 0.6 is 11.6 Å². The van der Waals surface area contributed by atoms with Crippen molar-refractivity contribution in [2.45, 2.75) is 45.1 Å². The van der Waals surface area contributed by atoms with Crippen LogP contribution in [0.5, 0.6) is 5.75 Å². The van der Waals surface area contributed by atoms with Crippen molar-refractivity contribution in [3.8, 4) is 5.75 Å². The summed E-state index contributed by atoms with van der Waals surface area (Å²) in [4.78, 5) is 0. The van der Waals surface area contributed by atoms with E-state index in [2.05, 4.69) is 12.2 Å². The summed E-state index contributed by atoms with van der Waals surface area (Å²) in [7, 11) is 0. The second kappa shape index (κ2) is 6.36. The van der Waals surface area contributed by atoms with Gasteiger partial charge in [-0.2, -0.15) is 0 Å². The van der Waals surface area contributed by atoms with E-state index in [0.717, 1.165) is 35.3 Å². The van der Waals surface area contributed by atoms with Crippen LogP contribution in [-0.2, 0) is 0 Å². The molecule has 0 aromatic heterocycles. The molecule has 1 aliphatic heterocycles. The molecule has 0 bridgehead atoms. The number of aryl methyl sites for hydroxylation is 1. The van der Waals surface area contributed by atoms with Crippen molar-refractivity contribution in [1.29, 1.82) is 0 Å². The van der Waals surface area contributed by atoms with Crippen molar-refractivity contribution in [2.24, 2.45) is 11.8 Å². The highest BCUT2D eigenvalue weighted by Crippen LogP contribution is 2.36. The molecule has 1 heterocycles. The second-order valence-corrected chi connectivity index (χ2v) is 6.73. The fourth-order valence-electron chi connectivity index (χ4n) is 3.71. The molecule has 1 saturated heterocycles. The maximum atomic E-state index is 6.47. The fraction of sp³-hybridized carbons (Fsp3) is 0.647. The Morgan fingerprint density at radius 3 is 2.65 bits per heavy atom. The molecule has 1 aromatic carbocycles. The zero-order chi connectivity index (χ0) is 13.9. The molecule has 1 N–H and O–H groups in total. The minimum Gasteiger partial charge on any atom is -0.490 e. The average Bonchev–Trinajstić information content (AvgIpc) is 3.11. The van der Waals surface area contributed by atoms with Gasteiger partial charge in [0, 0.05) is 17.5 Å². The van der Waals surface area contributed by atoms with Gasteiger partial charge in [-0.3, -0.25) is 0 Å². The van der Waals surface area contributed by atoms with Crippen molar-refractivity contribution in [2.75, 3.05) is 13.1 Å². The molecule has 1 saturated carbocycles.